The van der Waals surface area contributed by atoms with Crippen LogP contribution >= 0.6 is 11.3 Å². The van der Waals surface area contributed by atoms with E-state index in [0.717, 1.165) is 21.5 Å². The van der Waals surface area contributed by atoms with Crippen molar-refractivity contribution in [2.75, 3.05) is 21.2 Å². The molecule has 3 rings (SSSR count). The van der Waals surface area contributed by atoms with Crippen LogP contribution in [0, 0.1) is 0 Å². The van der Waals surface area contributed by atoms with Crippen LogP contribution in [0.25, 0.3) is 21.6 Å². The number of ether oxygens (including phenoxy) is 1. The minimum absolute atomic E-state index is 0.862. The van der Waals surface area contributed by atoms with Gasteiger partial charge in [-0.05, 0) is 52.5 Å². The predicted octanol–water partition coefficient (Wildman–Crippen LogP) is 4.29. The molecule has 0 bridgehead atoms. The summed E-state index contributed by atoms with van der Waals surface area (Å²) in [6.07, 6.45) is 1.84. The molecule has 4 heteroatoms. The lowest BCUT2D eigenvalue weighted by Gasteiger charge is -2.05. The van der Waals surface area contributed by atoms with Crippen LogP contribution in [-0.4, -0.2) is 32.1 Å². The summed E-state index contributed by atoms with van der Waals surface area (Å²) in [5, 5.41) is 0. The minimum Gasteiger partial charge on any atom is -0.497 e. The van der Waals surface area contributed by atoms with Gasteiger partial charge in [0.2, 0.25) is 4.67 Å². The molecule has 2 aromatic carbocycles. The maximum atomic E-state index is 5.25. The molecule has 0 aliphatic rings. The van der Waals surface area contributed by atoms with Gasteiger partial charge >= 0.3 is 0 Å². The zero-order chi connectivity index (χ0) is 17.6. The molecule has 0 spiro atoms. The van der Waals surface area contributed by atoms with Crippen molar-refractivity contribution in [2.24, 2.45) is 4.99 Å². The van der Waals surface area contributed by atoms with Crippen molar-refractivity contribution in [3.8, 4) is 27.3 Å². The van der Waals surface area contributed by atoms with E-state index in [2.05, 4.69) is 48.5 Å². The lowest BCUT2D eigenvalue weighted by Crippen LogP contribution is -2.06. The van der Waals surface area contributed by atoms with Crippen molar-refractivity contribution in [3.63, 3.8) is 0 Å². The standard InChI is InChI=1S/C21H21N2OS/c1-23(2)15-22-21-19(16-7-5-4-6-8-16)13-14-20(25-21)17-9-11-18(24-3)12-10-17/h4-15H,1-3H3/q+1. The van der Waals surface area contributed by atoms with E-state index in [-0.39, 0.29) is 0 Å². The number of benzene rings is 2. The van der Waals surface area contributed by atoms with Crippen LogP contribution in [0.3, 0.4) is 0 Å². The minimum atomic E-state index is 0.862. The Balaban J connectivity index is 2.12. The molecule has 0 saturated carbocycles. The van der Waals surface area contributed by atoms with Crippen LogP contribution in [-0.2, 0) is 0 Å². The smallest absolute Gasteiger partial charge is 0.282 e. The Bertz CT molecular complexity index is 938. The molecule has 0 atom stereocenters. The topological polar surface area (TPSA) is 24.6 Å². The lowest BCUT2D eigenvalue weighted by atomic mass is 10.1. The summed E-state index contributed by atoms with van der Waals surface area (Å²) in [6, 6.07) is 22.8. The fourth-order valence-corrected chi connectivity index (χ4v) is 3.43. The van der Waals surface area contributed by atoms with Crippen LogP contribution in [0.1, 0.15) is 0 Å². The van der Waals surface area contributed by atoms with Crippen LogP contribution in [0.15, 0.2) is 71.7 Å². The van der Waals surface area contributed by atoms with Gasteiger partial charge in [0.15, 0.2) is 0 Å². The van der Waals surface area contributed by atoms with Crippen molar-refractivity contribution in [2.45, 2.75) is 0 Å². The predicted molar refractivity (Wildman–Crippen MR) is 105 cm³/mol. The van der Waals surface area contributed by atoms with Gasteiger partial charge in [0.05, 0.1) is 21.2 Å². The van der Waals surface area contributed by atoms with Gasteiger partial charge in [-0.2, -0.15) is 0 Å². The van der Waals surface area contributed by atoms with Crippen LogP contribution < -0.4 is 9.41 Å². The zero-order valence-electron chi connectivity index (χ0n) is 14.6. The van der Waals surface area contributed by atoms with Crippen molar-refractivity contribution in [1.82, 2.24) is 0 Å². The molecule has 0 radical (unpaired) electrons. The third-order valence-electron chi connectivity index (χ3n) is 3.70. The van der Waals surface area contributed by atoms with Crippen LogP contribution in [0.4, 0.5) is 0 Å². The average molecular weight is 349 g/mol. The highest BCUT2D eigenvalue weighted by atomic mass is 32.1. The molecular weight excluding hydrogens is 328 g/mol. The Morgan fingerprint density at radius 2 is 1.60 bits per heavy atom. The first-order valence-corrected chi connectivity index (χ1v) is 8.86. The molecule has 0 aliphatic heterocycles. The Labute approximate surface area is 152 Å². The molecule has 126 valence electrons. The molecule has 0 fully saturated rings. The maximum Gasteiger partial charge on any atom is 0.282 e. The Morgan fingerprint density at radius 1 is 0.880 bits per heavy atom. The summed E-state index contributed by atoms with van der Waals surface area (Å²) < 4.78 is 8.18. The van der Waals surface area contributed by atoms with Gasteiger partial charge in [0.1, 0.15) is 5.75 Å². The normalized spacial score (nSPS) is 11.2. The number of nitrogens with zero attached hydrogens (tertiary/aromatic N) is 2. The quantitative estimate of drug-likeness (QED) is 0.392. The first kappa shape index (κ1) is 17.1. The van der Waals surface area contributed by atoms with E-state index in [1.165, 1.54) is 10.4 Å². The lowest BCUT2D eigenvalue weighted by molar-refractivity contribution is -0.460. The second kappa shape index (κ2) is 7.90. The fourth-order valence-electron chi connectivity index (χ4n) is 2.44. The zero-order valence-corrected chi connectivity index (χ0v) is 15.5. The summed E-state index contributed by atoms with van der Waals surface area (Å²) in [6.45, 7) is 0. The van der Waals surface area contributed by atoms with Gasteiger partial charge in [-0.1, -0.05) is 41.7 Å². The third-order valence-corrected chi connectivity index (χ3v) is 4.81. The van der Waals surface area contributed by atoms with E-state index in [1.807, 2.05) is 43.2 Å². The molecule has 0 unspecified atom stereocenters. The molecule has 0 aliphatic carbocycles. The largest absolute Gasteiger partial charge is 0.497 e. The fraction of sp³-hybridized carbons (Fsp3) is 0.143. The van der Waals surface area contributed by atoms with E-state index in [4.69, 9.17) is 9.73 Å². The molecule has 1 heterocycles. The van der Waals surface area contributed by atoms with Crippen LogP contribution in [0.5, 0.6) is 5.75 Å². The van der Waals surface area contributed by atoms with Crippen molar-refractivity contribution < 1.29 is 9.31 Å². The van der Waals surface area contributed by atoms with Crippen molar-refractivity contribution in [3.05, 3.63) is 71.4 Å². The second-order valence-electron chi connectivity index (χ2n) is 5.82. The summed E-state index contributed by atoms with van der Waals surface area (Å²) in [5.41, 5.74) is 3.47. The Morgan fingerprint density at radius 3 is 2.24 bits per heavy atom. The van der Waals surface area contributed by atoms with Gasteiger partial charge in [-0.15, -0.1) is 0 Å². The van der Waals surface area contributed by atoms with Gasteiger partial charge in [0, 0.05) is 10.4 Å². The molecule has 0 saturated heterocycles. The Hall–Kier alpha value is -2.72. The number of hydrogen-bond acceptors (Lipinski definition) is 2. The molecule has 1 aromatic heterocycles. The molecular formula is C21H21N2OS+. The highest BCUT2D eigenvalue weighted by Crippen LogP contribution is 2.26. The van der Waals surface area contributed by atoms with Crippen LogP contribution in [0.2, 0.25) is 0 Å². The molecule has 0 amide bonds. The van der Waals surface area contributed by atoms with Gasteiger partial charge in [-0.3, -0.25) is 4.58 Å². The van der Waals surface area contributed by atoms with Gasteiger partial charge in [-0.25, -0.2) is 0 Å². The van der Waals surface area contributed by atoms with E-state index in [1.54, 1.807) is 18.4 Å². The molecule has 3 aromatic rings. The maximum absolute atomic E-state index is 5.25. The average Bonchev–Trinajstić information content (AvgIpc) is 2.67. The molecule has 0 N–H and O–H groups in total. The number of rotatable bonds is 4. The SMILES string of the molecule is COc1ccc(-c2ccc(-c3ccccc3)c(=NC=[N+](C)C)s2)cc1. The first-order chi connectivity index (χ1) is 12.2. The highest BCUT2D eigenvalue weighted by molar-refractivity contribution is 7.13. The summed E-state index contributed by atoms with van der Waals surface area (Å²) in [7, 11) is 5.63. The van der Waals surface area contributed by atoms with E-state index in [9.17, 15) is 0 Å². The van der Waals surface area contributed by atoms with Gasteiger partial charge in [0.25, 0.3) is 6.34 Å². The van der Waals surface area contributed by atoms with Crippen molar-refractivity contribution in [1.29, 1.82) is 0 Å². The summed E-state index contributed by atoms with van der Waals surface area (Å²) >= 11 is 1.69. The van der Waals surface area contributed by atoms with E-state index >= 15 is 0 Å². The third kappa shape index (κ3) is 4.22. The second-order valence-corrected chi connectivity index (χ2v) is 6.85. The number of hydrogen-bond donors (Lipinski definition) is 0. The Kier molecular flexibility index (Phi) is 5.41. The van der Waals surface area contributed by atoms with E-state index < -0.39 is 0 Å². The van der Waals surface area contributed by atoms with Gasteiger partial charge < -0.3 is 4.74 Å². The highest BCUT2D eigenvalue weighted by Gasteiger charge is 2.08. The molecule has 25 heavy (non-hydrogen) atoms. The van der Waals surface area contributed by atoms with E-state index in [0.29, 0.717) is 0 Å². The number of methoxy groups -OCH3 is 1. The van der Waals surface area contributed by atoms with Crippen molar-refractivity contribution >= 4 is 17.7 Å². The summed E-state index contributed by atoms with van der Waals surface area (Å²) in [4.78, 5) is 5.87. The monoisotopic (exact) mass is 349 g/mol. The summed E-state index contributed by atoms with van der Waals surface area (Å²) in [5.74, 6) is 0.862. The first-order valence-electron chi connectivity index (χ1n) is 8.05. The molecule has 3 nitrogen and oxygen atoms in total.